The van der Waals surface area contributed by atoms with Crippen molar-refractivity contribution in [1.82, 2.24) is 25.5 Å². The fourth-order valence-electron chi connectivity index (χ4n) is 1.60. The van der Waals surface area contributed by atoms with Crippen LogP contribution in [-0.4, -0.2) is 26.1 Å². The molecule has 1 amide bonds. The third kappa shape index (κ3) is 3.41. The van der Waals surface area contributed by atoms with Crippen LogP contribution in [-0.2, 0) is 17.8 Å². The van der Waals surface area contributed by atoms with Gasteiger partial charge in [-0.1, -0.05) is 0 Å². The summed E-state index contributed by atoms with van der Waals surface area (Å²) in [4.78, 5) is 38.2. The molecule has 4 N–H and O–H groups in total. The second-order valence-corrected chi connectivity index (χ2v) is 4.09. The van der Waals surface area contributed by atoms with Gasteiger partial charge in [-0.05, 0) is 6.92 Å². The van der Waals surface area contributed by atoms with Crippen LogP contribution in [0.1, 0.15) is 17.0 Å². The van der Waals surface area contributed by atoms with Crippen LogP contribution in [0.25, 0.3) is 0 Å². The summed E-state index contributed by atoms with van der Waals surface area (Å²) < 4.78 is 0. The number of carbonyl (C=O) groups excluding carboxylic acids is 1. The summed E-state index contributed by atoms with van der Waals surface area (Å²) in [5.74, 6) is -0.290. The second-order valence-electron chi connectivity index (χ2n) is 4.09. The minimum absolute atomic E-state index is 0.0595. The minimum atomic E-state index is -0.624. The first-order valence-corrected chi connectivity index (χ1v) is 5.62. The number of H-pyrrole nitrogens is 3. The van der Waals surface area contributed by atoms with Crippen LogP contribution in [0.2, 0.25) is 0 Å². The van der Waals surface area contributed by atoms with E-state index in [4.69, 9.17) is 0 Å². The molecule has 8 nitrogen and oxygen atoms in total. The Bertz CT molecular complexity index is 668. The van der Waals surface area contributed by atoms with Gasteiger partial charge in [0.2, 0.25) is 5.91 Å². The van der Waals surface area contributed by atoms with E-state index in [1.807, 2.05) is 11.9 Å². The van der Waals surface area contributed by atoms with E-state index >= 15 is 0 Å². The molecule has 0 aliphatic rings. The van der Waals surface area contributed by atoms with Gasteiger partial charge in [0.15, 0.2) is 0 Å². The average Bonchev–Trinajstić information content (AvgIpc) is 2.71. The molecule has 0 aliphatic carbocycles. The van der Waals surface area contributed by atoms with Gasteiger partial charge in [-0.2, -0.15) is 5.10 Å². The standard InChI is InChI=1S/C11H13N5O3/c1-6-7(5-13-16-6)4-12-9(17)2-8-3-10(18)15-11(19)14-8/h3,5H,2,4H2,1H3,(H,12,17)(H,13,16)(H2,14,15,18,19). The van der Waals surface area contributed by atoms with Gasteiger partial charge < -0.3 is 10.3 Å². The van der Waals surface area contributed by atoms with E-state index in [1.165, 1.54) is 6.07 Å². The number of hydrogen-bond acceptors (Lipinski definition) is 4. The molecule has 0 unspecified atom stereocenters. The molecule has 8 heteroatoms. The maximum absolute atomic E-state index is 11.7. The molecule has 0 aliphatic heterocycles. The van der Waals surface area contributed by atoms with Crippen LogP contribution in [0.4, 0.5) is 0 Å². The average molecular weight is 263 g/mol. The number of hydrogen-bond donors (Lipinski definition) is 4. The van der Waals surface area contributed by atoms with Gasteiger partial charge >= 0.3 is 5.69 Å². The lowest BCUT2D eigenvalue weighted by molar-refractivity contribution is -0.120. The molecule has 2 heterocycles. The second kappa shape index (κ2) is 5.34. The molecular weight excluding hydrogens is 250 g/mol. The van der Waals surface area contributed by atoms with Crippen molar-refractivity contribution in [1.29, 1.82) is 0 Å². The van der Waals surface area contributed by atoms with E-state index in [0.29, 0.717) is 6.54 Å². The zero-order valence-corrected chi connectivity index (χ0v) is 10.2. The van der Waals surface area contributed by atoms with Crippen molar-refractivity contribution in [3.63, 3.8) is 0 Å². The minimum Gasteiger partial charge on any atom is -0.352 e. The summed E-state index contributed by atoms with van der Waals surface area (Å²) in [6.07, 6.45) is 1.57. The summed E-state index contributed by atoms with van der Waals surface area (Å²) in [5, 5.41) is 9.28. The number of aromatic nitrogens is 4. The van der Waals surface area contributed by atoms with Crippen LogP contribution >= 0.6 is 0 Å². The quantitative estimate of drug-likeness (QED) is 0.562. The van der Waals surface area contributed by atoms with Crippen LogP contribution in [0, 0.1) is 6.92 Å². The largest absolute Gasteiger partial charge is 0.352 e. The van der Waals surface area contributed by atoms with E-state index in [-0.39, 0.29) is 18.0 Å². The predicted octanol–water partition coefficient (Wildman–Crippen LogP) is -1.05. The molecule has 19 heavy (non-hydrogen) atoms. The molecule has 2 rings (SSSR count). The molecule has 0 saturated carbocycles. The molecule has 0 saturated heterocycles. The number of rotatable bonds is 4. The maximum Gasteiger partial charge on any atom is 0.325 e. The van der Waals surface area contributed by atoms with Crippen LogP contribution in [0.3, 0.4) is 0 Å². The van der Waals surface area contributed by atoms with E-state index in [0.717, 1.165) is 11.3 Å². The Morgan fingerprint density at radius 3 is 2.79 bits per heavy atom. The Balaban J connectivity index is 1.96. The van der Waals surface area contributed by atoms with E-state index in [9.17, 15) is 14.4 Å². The molecule has 0 atom stereocenters. The highest BCUT2D eigenvalue weighted by Crippen LogP contribution is 2.01. The van der Waals surface area contributed by atoms with Crippen molar-refractivity contribution in [3.05, 3.63) is 50.1 Å². The molecule has 0 bridgehead atoms. The van der Waals surface area contributed by atoms with Gasteiger partial charge in [-0.15, -0.1) is 0 Å². The summed E-state index contributed by atoms with van der Waals surface area (Å²) in [6.45, 7) is 2.19. The Morgan fingerprint density at radius 2 is 2.16 bits per heavy atom. The van der Waals surface area contributed by atoms with Crippen LogP contribution in [0.15, 0.2) is 21.9 Å². The smallest absolute Gasteiger partial charge is 0.325 e. The first kappa shape index (κ1) is 12.8. The highest BCUT2D eigenvalue weighted by molar-refractivity contribution is 5.78. The molecule has 0 radical (unpaired) electrons. The van der Waals surface area contributed by atoms with Crippen molar-refractivity contribution >= 4 is 5.91 Å². The van der Waals surface area contributed by atoms with Crippen molar-refractivity contribution in [2.24, 2.45) is 0 Å². The maximum atomic E-state index is 11.7. The molecule has 0 fully saturated rings. The van der Waals surface area contributed by atoms with Gasteiger partial charge in [0, 0.05) is 29.6 Å². The summed E-state index contributed by atoms with van der Waals surface area (Å²) >= 11 is 0. The first-order valence-electron chi connectivity index (χ1n) is 5.62. The van der Waals surface area contributed by atoms with Gasteiger partial charge in [0.1, 0.15) is 0 Å². The van der Waals surface area contributed by atoms with Crippen LogP contribution < -0.4 is 16.6 Å². The predicted molar refractivity (Wildman–Crippen MR) is 66.6 cm³/mol. The van der Waals surface area contributed by atoms with Crippen molar-refractivity contribution in [2.75, 3.05) is 0 Å². The third-order valence-corrected chi connectivity index (χ3v) is 2.58. The van der Waals surface area contributed by atoms with Crippen molar-refractivity contribution < 1.29 is 4.79 Å². The van der Waals surface area contributed by atoms with Gasteiger partial charge in [0.05, 0.1) is 12.6 Å². The third-order valence-electron chi connectivity index (χ3n) is 2.58. The van der Waals surface area contributed by atoms with Gasteiger partial charge in [-0.3, -0.25) is 19.7 Å². The molecule has 2 aromatic heterocycles. The Kier molecular flexibility index (Phi) is 3.60. The lowest BCUT2D eigenvalue weighted by Gasteiger charge is -2.04. The van der Waals surface area contributed by atoms with E-state index in [2.05, 4.69) is 20.5 Å². The lowest BCUT2D eigenvalue weighted by atomic mass is 10.2. The Hall–Kier alpha value is -2.64. The monoisotopic (exact) mass is 263 g/mol. The Labute approximate surface area is 107 Å². The van der Waals surface area contributed by atoms with Crippen LogP contribution in [0.5, 0.6) is 0 Å². The molecule has 0 aromatic carbocycles. The molecule has 2 aromatic rings. The summed E-state index contributed by atoms with van der Waals surface area (Å²) in [7, 11) is 0. The van der Waals surface area contributed by atoms with E-state index in [1.54, 1.807) is 6.20 Å². The van der Waals surface area contributed by atoms with Gasteiger partial charge in [0.25, 0.3) is 5.56 Å². The fourth-order valence-corrected chi connectivity index (χ4v) is 1.60. The zero-order valence-electron chi connectivity index (χ0n) is 10.2. The summed E-state index contributed by atoms with van der Waals surface area (Å²) in [6, 6.07) is 1.18. The van der Waals surface area contributed by atoms with Crippen molar-refractivity contribution in [3.8, 4) is 0 Å². The Morgan fingerprint density at radius 1 is 1.37 bits per heavy atom. The van der Waals surface area contributed by atoms with Crippen molar-refractivity contribution in [2.45, 2.75) is 19.9 Å². The normalized spacial score (nSPS) is 10.4. The molecule has 0 spiro atoms. The first-order chi connectivity index (χ1) is 9.04. The molecular formula is C11H13N5O3. The van der Waals surface area contributed by atoms with E-state index < -0.39 is 11.2 Å². The lowest BCUT2D eigenvalue weighted by Crippen LogP contribution is -2.28. The zero-order chi connectivity index (χ0) is 13.8. The summed E-state index contributed by atoms with van der Waals surface area (Å²) in [5.41, 5.74) is 0.881. The number of nitrogens with one attached hydrogen (secondary N) is 4. The number of amides is 1. The number of aromatic amines is 3. The highest BCUT2D eigenvalue weighted by Gasteiger charge is 2.07. The van der Waals surface area contributed by atoms with Gasteiger partial charge in [-0.25, -0.2) is 4.79 Å². The number of nitrogens with zero attached hydrogens (tertiary/aromatic N) is 1. The topological polar surface area (TPSA) is 123 Å². The number of carbonyl (C=O) groups is 1. The highest BCUT2D eigenvalue weighted by atomic mass is 16.2. The fraction of sp³-hybridized carbons (Fsp3) is 0.273. The SMILES string of the molecule is Cc1[nH]ncc1CNC(=O)Cc1cc(=O)[nH]c(=O)[nH]1. The molecule has 100 valence electrons. The number of aryl methyl sites for hydroxylation is 1.